The van der Waals surface area contributed by atoms with E-state index in [9.17, 15) is 4.79 Å². The van der Waals surface area contributed by atoms with Crippen molar-refractivity contribution in [1.82, 2.24) is 30.0 Å². The summed E-state index contributed by atoms with van der Waals surface area (Å²) in [5.41, 5.74) is 5.07. The Morgan fingerprint density at radius 2 is 2.06 bits per heavy atom. The zero-order chi connectivity index (χ0) is 23.9. The van der Waals surface area contributed by atoms with Crippen LogP contribution < -0.4 is 14.5 Å². The molecular formula is C25H31AsN6O2. The van der Waals surface area contributed by atoms with Crippen LogP contribution in [0, 0.1) is 6.92 Å². The van der Waals surface area contributed by atoms with Crippen molar-refractivity contribution in [1.29, 1.82) is 0 Å². The number of ether oxygens (including phenoxy) is 1. The van der Waals surface area contributed by atoms with Crippen molar-refractivity contribution in [3.63, 3.8) is 0 Å². The molecule has 5 rings (SSSR count). The molecule has 0 saturated carbocycles. The second kappa shape index (κ2) is 9.06. The quantitative estimate of drug-likeness (QED) is 0.519. The number of hydrogen-bond donors (Lipinski definition) is 1. The van der Waals surface area contributed by atoms with Crippen LogP contribution in [0.25, 0.3) is 11.3 Å². The topological polar surface area (TPSA) is 85.2 Å². The monoisotopic (exact) mass is 522 g/mol. The van der Waals surface area contributed by atoms with Gasteiger partial charge < -0.3 is 0 Å². The third-order valence-corrected chi connectivity index (χ3v) is 7.84. The number of aromatic nitrogens is 4. The van der Waals surface area contributed by atoms with E-state index in [0.717, 1.165) is 65.2 Å². The van der Waals surface area contributed by atoms with E-state index in [1.165, 1.54) is 22.5 Å². The molecule has 1 spiro atoms. The Labute approximate surface area is 208 Å². The average Bonchev–Trinajstić information content (AvgIpc) is 3.53. The summed E-state index contributed by atoms with van der Waals surface area (Å²) in [5, 5.41) is 7.83. The molecule has 8 nitrogen and oxygen atoms in total. The number of fused-ring (bicyclic) bond motifs is 2. The van der Waals surface area contributed by atoms with Crippen LogP contribution in [0.3, 0.4) is 0 Å². The molecule has 1 fully saturated rings. The second-order valence-electron chi connectivity index (χ2n) is 9.30. The van der Waals surface area contributed by atoms with Crippen LogP contribution in [0.2, 0.25) is 0 Å². The van der Waals surface area contributed by atoms with Gasteiger partial charge in [-0.1, -0.05) is 0 Å². The molecule has 2 amide bonds. The summed E-state index contributed by atoms with van der Waals surface area (Å²) in [5.74, 6) is 0.763. The van der Waals surface area contributed by atoms with Crippen molar-refractivity contribution in [3.8, 4) is 17.0 Å². The molecule has 0 bridgehead atoms. The Balaban J connectivity index is 1.37. The standard InChI is InChI=1S/C25H31AsN6O2/c1-4-27-24(33)31-9-7-25(15-31)8-10-32-22(25)12-20(30-32)18-11-21(23(26)29-14-18)34-17(3)19-6-5-16(2)13-28-19/h5-6,11-14,17H,4,7-10,15,26H2,1-3H3,(H,27,33)/t17?,25-/m1/s1. The Bertz CT molecular complexity index is 1210. The minimum absolute atomic E-state index is 0.0114. The predicted octanol–water partition coefficient (Wildman–Crippen LogP) is 2.12. The van der Waals surface area contributed by atoms with E-state index in [4.69, 9.17) is 9.84 Å². The number of rotatable bonds is 5. The van der Waals surface area contributed by atoms with Gasteiger partial charge >= 0.3 is 195 Å². The van der Waals surface area contributed by atoms with Crippen LogP contribution in [0.4, 0.5) is 4.79 Å². The van der Waals surface area contributed by atoms with E-state index in [1.54, 1.807) is 0 Å². The van der Waals surface area contributed by atoms with Crippen molar-refractivity contribution in [3.05, 3.63) is 53.6 Å². The van der Waals surface area contributed by atoms with Gasteiger partial charge in [-0.2, -0.15) is 0 Å². The Kier molecular flexibility index (Phi) is 6.11. The first-order valence-corrected chi connectivity index (χ1v) is 13.1. The molecule has 1 N–H and O–H groups in total. The molecule has 2 aliphatic rings. The van der Waals surface area contributed by atoms with E-state index in [2.05, 4.69) is 26.0 Å². The van der Waals surface area contributed by atoms with Crippen LogP contribution >= 0.6 is 0 Å². The number of aryl methyl sites for hydroxylation is 2. The molecule has 0 aliphatic carbocycles. The van der Waals surface area contributed by atoms with Gasteiger partial charge in [-0.3, -0.25) is 0 Å². The average molecular weight is 522 g/mol. The number of likely N-dealkylation sites (tertiary alicyclic amines) is 1. The number of amides is 2. The van der Waals surface area contributed by atoms with E-state index in [0.29, 0.717) is 6.54 Å². The summed E-state index contributed by atoms with van der Waals surface area (Å²) in [6.07, 6.45) is 5.55. The number of carbonyl (C=O) groups is 1. The molecule has 34 heavy (non-hydrogen) atoms. The van der Waals surface area contributed by atoms with Crippen LogP contribution in [-0.2, 0) is 12.0 Å². The van der Waals surface area contributed by atoms with Crippen molar-refractivity contribution in [2.24, 2.45) is 0 Å². The Morgan fingerprint density at radius 3 is 2.82 bits per heavy atom. The fraction of sp³-hybridized carbons (Fsp3) is 0.440. The Hall–Kier alpha value is -2.86. The molecule has 0 radical (unpaired) electrons. The van der Waals surface area contributed by atoms with Crippen molar-refractivity contribution in [2.45, 2.75) is 51.7 Å². The second-order valence-corrected chi connectivity index (χ2v) is 10.5. The van der Waals surface area contributed by atoms with E-state index in [1.807, 2.05) is 56.3 Å². The van der Waals surface area contributed by atoms with Crippen LogP contribution in [-0.4, -0.2) is 67.2 Å². The molecule has 1 saturated heterocycles. The van der Waals surface area contributed by atoms with Gasteiger partial charge in [0, 0.05) is 6.54 Å². The van der Waals surface area contributed by atoms with Gasteiger partial charge in [0.05, 0.1) is 0 Å². The number of carbonyl (C=O) groups excluding carboxylic acids is 1. The van der Waals surface area contributed by atoms with Crippen molar-refractivity contribution < 1.29 is 9.53 Å². The van der Waals surface area contributed by atoms with Crippen molar-refractivity contribution >= 4 is 27.4 Å². The zero-order valence-corrected chi connectivity index (χ0v) is 22.3. The van der Waals surface area contributed by atoms with Gasteiger partial charge in [-0.05, 0) is 6.92 Å². The molecule has 0 aromatic carbocycles. The molecule has 3 aromatic heterocycles. The Morgan fingerprint density at radius 1 is 1.24 bits per heavy atom. The molecule has 2 unspecified atom stereocenters. The van der Waals surface area contributed by atoms with Gasteiger partial charge in [0.2, 0.25) is 0 Å². The van der Waals surface area contributed by atoms with Gasteiger partial charge in [0.1, 0.15) is 0 Å². The fourth-order valence-electron chi connectivity index (χ4n) is 4.99. The summed E-state index contributed by atoms with van der Waals surface area (Å²) in [6.45, 7) is 9.03. The van der Waals surface area contributed by atoms with E-state index >= 15 is 0 Å². The van der Waals surface area contributed by atoms with Crippen LogP contribution in [0.1, 0.15) is 49.7 Å². The number of urea groups is 1. The number of pyridine rings is 2. The minimum atomic E-state index is -0.179. The molecule has 3 atom stereocenters. The summed E-state index contributed by atoms with van der Waals surface area (Å²) in [7, 11) is 0. The number of nitrogens with zero attached hydrogens (tertiary/aromatic N) is 5. The molecular weight excluding hydrogens is 491 g/mol. The number of nitrogens with one attached hydrogen (secondary N) is 1. The van der Waals surface area contributed by atoms with Crippen LogP contribution in [0.5, 0.6) is 5.75 Å². The fourth-order valence-corrected chi connectivity index (χ4v) is 5.46. The third kappa shape index (κ3) is 4.20. The predicted molar refractivity (Wildman–Crippen MR) is 133 cm³/mol. The van der Waals surface area contributed by atoms with Gasteiger partial charge in [0.25, 0.3) is 0 Å². The van der Waals surface area contributed by atoms with E-state index in [-0.39, 0.29) is 17.6 Å². The third-order valence-electron chi connectivity index (χ3n) is 6.93. The molecule has 9 heteroatoms. The van der Waals surface area contributed by atoms with Gasteiger partial charge in [-0.25, -0.2) is 0 Å². The van der Waals surface area contributed by atoms with Crippen LogP contribution in [0.15, 0.2) is 36.7 Å². The van der Waals surface area contributed by atoms with Crippen molar-refractivity contribution in [2.75, 3.05) is 19.6 Å². The molecule has 178 valence electrons. The summed E-state index contributed by atoms with van der Waals surface area (Å²) < 4.78 is 9.28. The molecule has 5 heterocycles. The summed E-state index contributed by atoms with van der Waals surface area (Å²) >= 11 is 1.43. The van der Waals surface area contributed by atoms with Gasteiger partial charge in [-0.15, -0.1) is 0 Å². The molecule has 3 aromatic rings. The first-order valence-electron chi connectivity index (χ1n) is 11.8. The van der Waals surface area contributed by atoms with E-state index < -0.39 is 0 Å². The summed E-state index contributed by atoms with van der Waals surface area (Å²) in [4.78, 5) is 23.4. The first-order chi connectivity index (χ1) is 16.4. The maximum atomic E-state index is 12.4. The zero-order valence-electron chi connectivity index (χ0n) is 19.9. The summed E-state index contributed by atoms with van der Waals surface area (Å²) in [6, 6.07) is 8.30. The number of hydrogen-bond acceptors (Lipinski definition) is 5. The first kappa shape index (κ1) is 22.9. The molecule has 2 aliphatic heterocycles. The maximum absolute atomic E-state index is 12.4. The SMILES string of the molecule is CCNC(=O)N1CC[C@@]2(CCn3nc(-c4cnc([AsH2])c(OC(C)c5ccc(C)cn5)c4)cc32)C1. The van der Waals surface area contributed by atoms with Gasteiger partial charge in [0.15, 0.2) is 0 Å². The normalized spacial score (nSPS) is 19.9.